The van der Waals surface area contributed by atoms with Crippen LogP contribution in [0.5, 0.6) is 0 Å². The first-order valence-electron chi connectivity index (χ1n) is 6.54. The second-order valence-corrected chi connectivity index (χ2v) is 5.40. The lowest BCUT2D eigenvalue weighted by atomic mass is 10.1. The van der Waals surface area contributed by atoms with Gasteiger partial charge in [-0.25, -0.2) is 0 Å². The minimum Gasteiger partial charge on any atom is -0.356 e. The standard InChI is InChI=1S/C15H20ClNO2/c1-11(2)8-9-17-15(19)7-6-14(18)12-4-3-5-13(16)10-12/h3-5,10-11H,6-9H2,1-2H3,(H,17,19). The molecule has 0 aliphatic carbocycles. The lowest BCUT2D eigenvalue weighted by molar-refractivity contribution is -0.121. The first-order chi connectivity index (χ1) is 8.99. The van der Waals surface area contributed by atoms with Crippen molar-refractivity contribution in [1.82, 2.24) is 5.32 Å². The number of amides is 1. The molecule has 1 N–H and O–H groups in total. The van der Waals surface area contributed by atoms with E-state index in [9.17, 15) is 9.59 Å². The van der Waals surface area contributed by atoms with Gasteiger partial charge in [0.05, 0.1) is 0 Å². The highest BCUT2D eigenvalue weighted by Gasteiger charge is 2.09. The topological polar surface area (TPSA) is 46.2 Å². The smallest absolute Gasteiger partial charge is 0.220 e. The third kappa shape index (κ3) is 6.39. The molecule has 0 aromatic heterocycles. The number of hydrogen-bond acceptors (Lipinski definition) is 2. The molecule has 0 radical (unpaired) electrons. The predicted octanol–water partition coefficient (Wildman–Crippen LogP) is 3.47. The van der Waals surface area contributed by atoms with Crippen molar-refractivity contribution >= 4 is 23.3 Å². The van der Waals surface area contributed by atoms with Crippen molar-refractivity contribution < 1.29 is 9.59 Å². The van der Waals surface area contributed by atoms with Crippen LogP contribution in [0.1, 0.15) is 43.5 Å². The molecule has 0 saturated heterocycles. The van der Waals surface area contributed by atoms with E-state index in [1.54, 1.807) is 24.3 Å². The van der Waals surface area contributed by atoms with Crippen LogP contribution in [-0.2, 0) is 4.79 Å². The fraction of sp³-hybridized carbons (Fsp3) is 0.467. The molecule has 1 amide bonds. The van der Waals surface area contributed by atoms with Gasteiger partial charge in [0.1, 0.15) is 0 Å². The van der Waals surface area contributed by atoms with Gasteiger partial charge in [-0.1, -0.05) is 37.6 Å². The van der Waals surface area contributed by atoms with Crippen molar-refractivity contribution in [1.29, 1.82) is 0 Å². The van der Waals surface area contributed by atoms with Crippen LogP contribution >= 0.6 is 11.6 Å². The molecule has 4 heteroatoms. The highest BCUT2D eigenvalue weighted by Crippen LogP contribution is 2.13. The van der Waals surface area contributed by atoms with Crippen LogP contribution in [0.2, 0.25) is 5.02 Å². The number of rotatable bonds is 7. The molecule has 0 spiro atoms. The number of benzene rings is 1. The summed E-state index contributed by atoms with van der Waals surface area (Å²) in [5, 5.41) is 3.35. The van der Waals surface area contributed by atoms with Crippen molar-refractivity contribution in [3.8, 4) is 0 Å². The van der Waals surface area contributed by atoms with E-state index in [0.29, 0.717) is 23.0 Å². The summed E-state index contributed by atoms with van der Waals surface area (Å²) in [6.45, 7) is 4.88. The molecular weight excluding hydrogens is 262 g/mol. The Hall–Kier alpha value is -1.35. The van der Waals surface area contributed by atoms with Gasteiger partial charge in [0.2, 0.25) is 5.91 Å². The molecule has 1 aromatic carbocycles. The van der Waals surface area contributed by atoms with Crippen LogP contribution in [0.25, 0.3) is 0 Å². The van der Waals surface area contributed by atoms with Crippen molar-refractivity contribution in [3.63, 3.8) is 0 Å². The van der Waals surface area contributed by atoms with E-state index in [-0.39, 0.29) is 24.5 Å². The summed E-state index contributed by atoms with van der Waals surface area (Å²) in [6.07, 6.45) is 1.39. The average molecular weight is 282 g/mol. The Balaban J connectivity index is 2.32. The fourth-order valence-corrected chi connectivity index (χ4v) is 1.81. The fourth-order valence-electron chi connectivity index (χ4n) is 1.62. The Labute approximate surface area is 119 Å². The molecule has 0 heterocycles. The number of hydrogen-bond donors (Lipinski definition) is 1. The maximum Gasteiger partial charge on any atom is 0.220 e. The third-order valence-electron chi connectivity index (χ3n) is 2.77. The zero-order valence-corrected chi connectivity index (χ0v) is 12.2. The molecule has 0 aliphatic heterocycles. The van der Waals surface area contributed by atoms with E-state index in [2.05, 4.69) is 19.2 Å². The zero-order valence-electron chi connectivity index (χ0n) is 11.4. The molecule has 19 heavy (non-hydrogen) atoms. The Morgan fingerprint density at radius 1 is 1.26 bits per heavy atom. The number of carbonyl (C=O) groups is 2. The minimum atomic E-state index is -0.0731. The summed E-state index contributed by atoms with van der Waals surface area (Å²) in [4.78, 5) is 23.4. The van der Waals surface area contributed by atoms with Crippen LogP contribution in [0.4, 0.5) is 0 Å². The van der Waals surface area contributed by atoms with Gasteiger partial charge in [0, 0.05) is 30.0 Å². The van der Waals surface area contributed by atoms with Crippen LogP contribution in [-0.4, -0.2) is 18.2 Å². The molecule has 0 bridgehead atoms. The number of nitrogens with one attached hydrogen (secondary N) is 1. The zero-order chi connectivity index (χ0) is 14.3. The van der Waals surface area contributed by atoms with E-state index >= 15 is 0 Å². The van der Waals surface area contributed by atoms with Gasteiger partial charge in [0.25, 0.3) is 0 Å². The maximum atomic E-state index is 11.8. The van der Waals surface area contributed by atoms with Crippen LogP contribution in [0.3, 0.4) is 0 Å². The van der Waals surface area contributed by atoms with E-state index in [1.165, 1.54) is 0 Å². The normalized spacial score (nSPS) is 10.5. The minimum absolute atomic E-state index is 0.0542. The van der Waals surface area contributed by atoms with Gasteiger partial charge in [-0.05, 0) is 24.5 Å². The van der Waals surface area contributed by atoms with Crippen molar-refractivity contribution in [2.24, 2.45) is 5.92 Å². The molecule has 1 rings (SSSR count). The quantitative estimate of drug-likeness (QED) is 0.778. The molecule has 0 unspecified atom stereocenters. The first kappa shape index (κ1) is 15.7. The average Bonchev–Trinajstić information content (AvgIpc) is 2.35. The largest absolute Gasteiger partial charge is 0.356 e. The number of carbonyl (C=O) groups excluding carboxylic acids is 2. The second kappa shape index (κ2) is 7.95. The van der Waals surface area contributed by atoms with Crippen molar-refractivity contribution in [2.45, 2.75) is 33.1 Å². The lowest BCUT2D eigenvalue weighted by Crippen LogP contribution is -2.25. The lowest BCUT2D eigenvalue weighted by Gasteiger charge is -2.07. The molecule has 0 fully saturated rings. The number of halogens is 1. The van der Waals surface area contributed by atoms with Crippen LogP contribution in [0.15, 0.2) is 24.3 Å². The first-order valence-corrected chi connectivity index (χ1v) is 6.92. The molecular formula is C15H20ClNO2. The van der Waals surface area contributed by atoms with Gasteiger partial charge in [-0.2, -0.15) is 0 Å². The second-order valence-electron chi connectivity index (χ2n) is 4.97. The molecule has 0 atom stereocenters. The van der Waals surface area contributed by atoms with Gasteiger partial charge >= 0.3 is 0 Å². The molecule has 1 aromatic rings. The highest BCUT2D eigenvalue weighted by molar-refractivity contribution is 6.31. The number of ketones is 1. The van der Waals surface area contributed by atoms with E-state index in [4.69, 9.17) is 11.6 Å². The summed E-state index contributed by atoms with van der Waals surface area (Å²) in [7, 11) is 0. The van der Waals surface area contributed by atoms with E-state index < -0.39 is 0 Å². The maximum absolute atomic E-state index is 11.8. The Bertz CT molecular complexity index is 444. The molecule has 0 saturated carbocycles. The monoisotopic (exact) mass is 281 g/mol. The van der Waals surface area contributed by atoms with Gasteiger partial charge in [-0.15, -0.1) is 0 Å². The summed E-state index contributed by atoms with van der Waals surface area (Å²) < 4.78 is 0. The summed E-state index contributed by atoms with van der Waals surface area (Å²) in [5.74, 6) is 0.436. The highest BCUT2D eigenvalue weighted by atomic mass is 35.5. The Morgan fingerprint density at radius 2 is 2.00 bits per heavy atom. The summed E-state index contributed by atoms with van der Waals surface area (Å²) in [6, 6.07) is 6.79. The van der Waals surface area contributed by atoms with Gasteiger partial charge in [-0.3, -0.25) is 9.59 Å². The molecule has 3 nitrogen and oxygen atoms in total. The van der Waals surface area contributed by atoms with Gasteiger partial charge in [0.15, 0.2) is 5.78 Å². The van der Waals surface area contributed by atoms with Crippen molar-refractivity contribution in [2.75, 3.05) is 6.54 Å². The number of Topliss-reactive ketones (excluding diaryl/α,β-unsaturated/α-hetero) is 1. The van der Waals surface area contributed by atoms with Gasteiger partial charge < -0.3 is 5.32 Å². The Kier molecular flexibility index (Phi) is 6.57. The summed E-state index contributed by atoms with van der Waals surface area (Å²) >= 11 is 5.82. The van der Waals surface area contributed by atoms with Crippen LogP contribution in [0, 0.1) is 5.92 Å². The SMILES string of the molecule is CC(C)CCNC(=O)CCC(=O)c1cccc(Cl)c1. The van der Waals surface area contributed by atoms with Crippen molar-refractivity contribution in [3.05, 3.63) is 34.9 Å². The third-order valence-corrected chi connectivity index (χ3v) is 3.00. The van der Waals surface area contributed by atoms with Crippen LogP contribution < -0.4 is 5.32 Å². The van der Waals surface area contributed by atoms with E-state index in [0.717, 1.165) is 6.42 Å². The summed E-state index contributed by atoms with van der Waals surface area (Å²) in [5.41, 5.74) is 0.558. The Morgan fingerprint density at radius 3 is 2.63 bits per heavy atom. The predicted molar refractivity (Wildman–Crippen MR) is 77.5 cm³/mol. The molecule has 104 valence electrons. The van der Waals surface area contributed by atoms with E-state index in [1.807, 2.05) is 0 Å². The molecule has 0 aliphatic rings.